The largest absolute Gasteiger partial charge is 0.366 e. The molecule has 1 aromatic carbocycles. The van der Waals surface area contributed by atoms with Crippen molar-refractivity contribution < 1.29 is 4.39 Å². The van der Waals surface area contributed by atoms with Crippen molar-refractivity contribution in [1.29, 1.82) is 0 Å². The van der Waals surface area contributed by atoms with Crippen LogP contribution in [0.3, 0.4) is 0 Å². The number of halogens is 1. The predicted molar refractivity (Wildman–Crippen MR) is 75.4 cm³/mol. The summed E-state index contributed by atoms with van der Waals surface area (Å²) in [5.41, 5.74) is 0.728. The standard InChI is InChI=1S/C14H16FN5/c15-10-5-7-12(8-6-10)18-14-19-13(9-16-20-14)17-11-3-1-2-4-11/h5-9,11H,1-4H2,(H2,17,18,19,20). The van der Waals surface area contributed by atoms with Gasteiger partial charge < -0.3 is 10.6 Å². The second kappa shape index (κ2) is 5.81. The van der Waals surface area contributed by atoms with Crippen molar-refractivity contribution in [3.8, 4) is 0 Å². The molecule has 3 rings (SSSR count). The molecule has 1 fully saturated rings. The van der Waals surface area contributed by atoms with Crippen LogP contribution in [0, 0.1) is 5.82 Å². The van der Waals surface area contributed by atoms with Crippen LogP contribution in [0.15, 0.2) is 30.5 Å². The minimum absolute atomic E-state index is 0.272. The topological polar surface area (TPSA) is 62.7 Å². The lowest BCUT2D eigenvalue weighted by molar-refractivity contribution is 0.628. The molecule has 1 aliphatic carbocycles. The van der Waals surface area contributed by atoms with E-state index in [2.05, 4.69) is 25.8 Å². The van der Waals surface area contributed by atoms with Crippen molar-refractivity contribution in [3.05, 3.63) is 36.3 Å². The Labute approximate surface area is 116 Å². The lowest BCUT2D eigenvalue weighted by atomic mass is 10.2. The van der Waals surface area contributed by atoms with E-state index < -0.39 is 0 Å². The first-order valence-corrected chi connectivity index (χ1v) is 6.78. The van der Waals surface area contributed by atoms with Gasteiger partial charge >= 0.3 is 0 Å². The number of nitrogens with zero attached hydrogens (tertiary/aromatic N) is 3. The molecule has 2 N–H and O–H groups in total. The number of benzene rings is 1. The Hall–Kier alpha value is -2.24. The molecule has 1 saturated carbocycles. The Morgan fingerprint density at radius 2 is 1.85 bits per heavy atom. The van der Waals surface area contributed by atoms with Gasteiger partial charge in [-0.2, -0.15) is 10.1 Å². The molecule has 1 heterocycles. The number of hydrogen-bond donors (Lipinski definition) is 2. The third-order valence-electron chi connectivity index (χ3n) is 3.37. The van der Waals surface area contributed by atoms with E-state index in [0.29, 0.717) is 12.0 Å². The fourth-order valence-electron chi connectivity index (χ4n) is 2.37. The SMILES string of the molecule is Fc1ccc(Nc2nncc(NC3CCCC3)n2)cc1. The average molecular weight is 273 g/mol. The van der Waals surface area contributed by atoms with Crippen molar-refractivity contribution in [2.75, 3.05) is 10.6 Å². The third kappa shape index (κ3) is 3.20. The molecule has 1 aliphatic rings. The smallest absolute Gasteiger partial charge is 0.249 e. The number of nitrogens with one attached hydrogen (secondary N) is 2. The van der Waals surface area contributed by atoms with E-state index in [4.69, 9.17) is 0 Å². The maximum absolute atomic E-state index is 12.8. The lowest BCUT2D eigenvalue weighted by Crippen LogP contribution is -2.16. The molecular weight excluding hydrogens is 257 g/mol. The van der Waals surface area contributed by atoms with Crippen molar-refractivity contribution in [1.82, 2.24) is 15.2 Å². The summed E-state index contributed by atoms with van der Waals surface area (Å²) in [5, 5.41) is 14.2. The van der Waals surface area contributed by atoms with Gasteiger partial charge in [-0.25, -0.2) is 4.39 Å². The first-order chi connectivity index (χ1) is 9.79. The fraction of sp³-hybridized carbons (Fsp3) is 0.357. The van der Waals surface area contributed by atoms with Gasteiger partial charge in [0.05, 0.1) is 6.20 Å². The van der Waals surface area contributed by atoms with Gasteiger partial charge in [-0.15, -0.1) is 5.10 Å². The highest BCUT2D eigenvalue weighted by Crippen LogP contribution is 2.21. The van der Waals surface area contributed by atoms with E-state index in [0.717, 1.165) is 11.5 Å². The van der Waals surface area contributed by atoms with Crippen LogP contribution >= 0.6 is 0 Å². The van der Waals surface area contributed by atoms with Gasteiger partial charge in [0.15, 0.2) is 5.82 Å². The number of anilines is 3. The van der Waals surface area contributed by atoms with E-state index in [1.54, 1.807) is 18.3 Å². The van der Waals surface area contributed by atoms with Crippen molar-refractivity contribution in [2.24, 2.45) is 0 Å². The Balaban J connectivity index is 1.68. The van der Waals surface area contributed by atoms with Crippen LogP contribution in [0.1, 0.15) is 25.7 Å². The zero-order valence-corrected chi connectivity index (χ0v) is 11.0. The number of hydrogen-bond acceptors (Lipinski definition) is 5. The van der Waals surface area contributed by atoms with Gasteiger partial charge in [0, 0.05) is 11.7 Å². The monoisotopic (exact) mass is 273 g/mol. The minimum atomic E-state index is -0.272. The molecule has 6 heteroatoms. The molecule has 5 nitrogen and oxygen atoms in total. The van der Waals surface area contributed by atoms with E-state index in [-0.39, 0.29) is 5.82 Å². The minimum Gasteiger partial charge on any atom is -0.366 e. The molecule has 0 unspecified atom stereocenters. The summed E-state index contributed by atoms with van der Waals surface area (Å²) in [4.78, 5) is 4.36. The molecule has 0 atom stereocenters. The van der Waals surface area contributed by atoms with Crippen LogP contribution in [-0.4, -0.2) is 21.2 Å². The Kier molecular flexibility index (Phi) is 3.71. The van der Waals surface area contributed by atoms with Crippen molar-refractivity contribution in [2.45, 2.75) is 31.7 Å². The molecule has 0 radical (unpaired) electrons. The van der Waals surface area contributed by atoms with Gasteiger partial charge in [0.2, 0.25) is 5.95 Å². The molecule has 0 saturated heterocycles. The predicted octanol–water partition coefficient (Wildman–Crippen LogP) is 3.11. The van der Waals surface area contributed by atoms with Gasteiger partial charge in [0.1, 0.15) is 5.82 Å². The molecule has 0 aliphatic heterocycles. The molecule has 0 spiro atoms. The van der Waals surface area contributed by atoms with Gasteiger partial charge in [-0.3, -0.25) is 0 Å². The summed E-state index contributed by atoms with van der Waals surface area (Å²) in [6, 6.07) is 6.52. The van der Waals surface area contributed by atoms with E-state index >= 15 is 0 Å². The first-order valence-electron chi connectivity index (χ1n) is 6.78. The summed E-state index contributed by atoms with van der Waals surface area (Å²) >= 11 is 0. The molecular formula is C14H16FN5. The van der Waals surface area contributed by atoms with Crippen molar-refractivity contribution in [3.63, 3.8) is 0 Å². The van der Waals surface area contributed by atoms with Gasteiger partial charge in [-0.05, 0) is 37.1 Å². The molecule has 1 aromatic heterocycles. The van der Waals surface area contributed by atoms with Crippen LogP contribution in [0.2, 0.25) is 0 Å². The van der Waals surface area contributed by atoms with E-state index in [1.165, 1.54) is 37.8 Å². The molecule has 104 valence electrons. The van der Waals surface area contributed by atoms with E-state index in [1.807, 2.05) is 0 Å². The lowest BCUT2D eigenvalue weighted by Gasteiger charge is -2.12. The number of aromatic nitrogens is 3. The quantitative estimate of drug-likeness (QED) is 0.896. The summed E-state index contributed by atoms with van der Waals surface area (Å²) < 4.78 is 12.8. The molecule has 0 bridgehead atoms. The molecule has 2 aromatic rings. The second-order valence-electron chi connectivity index (χ2n) is 4.92. The maximum atomic E-state index is 12.8. The van der Waals surface area contributed by atoms with E-state index in [9.17, 15) is 4.39 Å². The zero-order chi connectivity index (χ0) is 13.8. The highest BCUT2D eigenvalue weighted by Gasteiger charge is 2.15. The van der Waals surface area contributed by atoms with Crippen LogP contribution in [0.4, 0.5) is 21.8 Å². The van der Waals surface area contributed by atoms with Crippen LogP contribution < -0.4 is 10.6 Å². The highest BCUT2D eigenvalue weighted by molar-refractivity contribution is 5.53. The zero-order valence-electron chi connectivity index (χ0n) is 11.0. The molecule has 20 heavy (non-hydrogen) atoms. The third-order valence-corrected chi connectivity index (χ3v) is 3.37. The summed E-state index contributed by atoms with van der Waals surface area (Å²) in [6.45, 7) is 0. The first kappa shape index (κ1) is 12.8. The van der Waals surface area contributed by atoms with Crippen LogP contribution in [0.25, 0.3) is 0 Å². The Morgan fingerprint density at radius 3 is 2.60 bits per heavy atom. The normalized spacial score (nSPS) is 15.2. The second-order valence-corrected chi connectivity index (χ2v) is 4.92. The fourth-order valence-corrected chi connectivity index (χ4v) is 2.37. The average Bonchev–Trinajstić information content (AvgIpc) is 2.95. The molecule has 0 amide bonds. The maximum Gasteiger partial charge on any atom is 0.249 e. The van der Waals surface area contributed by atoms with Crippen LogP contribution in [0.5, 0.6) is 0 Å². The summed E-state index contributed by atoms with van der Waals surface area (Å²) in [7, 11) is 0. The Bertz CT molecular complexity index is 566. The number of rotatable bonds is 4. The van der Waals surface area contributed by atoms with Crippen LogP contribution in [-0.2, 0) is 0 Å². The van der Waals surface area contributed by atoms with Gasteiger partial charge in [0.25, 0.3) is 0 Å². The van der Waals surface area contributed by atoms with Gasteiger partial charge in [-0.1, -0.05) is 12.8 Å². The van der Waals surface area contributed by atoms with Crippen molar-refractivity contribution >= 4 is 17.5 Å². The summed E-state index contributed by atoms with van der Waals surface area (Å²) in [6.07, 6.45) is 6.48. The highest BCUT2D eigenvalue weighted by atomic mass is 19.1. The summed E-state index contributed by atoms with van der Waals surface area (Å²) in [5.74, 6) is 0.849. The Morgan fingerprint density at radius 1 is 1.10 bits per heavy atom.